The van der Waals surface area contributed by atoms with E-state index < -0.39 is 5.97 Å². The van der Waals surface area contributed by atoms with Crippen LogP contribution in [0.25, 0.3) is 0 Å². The van der Waals surface area contributed by atoms with E-state index in [0.717, 1.165) is 46.1 Å². The fourth-order valence-corrected chi connectivity index (χ4v) is 3.33. The van der Waals surface area contributed by atoms with Crippen LogP contribution in [0.15, 0.2) is 87.2 Å². The molecule has 0 aliphatic rings. The normalized spacial score (nSPS) is 11.4. The second kappa shape index (κ2) is 11.7. The number of aryl methyl sites for hydroxylation is 2. The summed E-state index contributed by atoms with van der Waals surface area (Å²) in [6, 6.07) is 21.4. The Hall–Kier alpha value is -3.87. The number of hydrogen-bond donors (Lipinski definition) is 1. The summed E-state index contributed by atoms with van der Waals surface area (Å²) in [7, 11) is 0. The number of azo groups is 2. The van der Waals surface area contributed by atoms with Crippen molar-refractivity contribution in [2.75, 3.05) is 18.0 Å². The number of rotatable bonds is 10. The molecule has 7 heteroatoms. The first-order valence-electron chi connectivity index (χ1n) is 11.0. The van der Waals surface area contributed by atoms with Gasteiger partial charge < -0.3 is 10.0 Å². The molecule has 7 nitrogen and oxygen atoms in total. The Morgan fingerprint density at radius 1 is 0.818 bits per heavy atom. The molecule has 0 spiro atoms. The fraction of sp³-hybridized carbons (Fsp3) is 0.269. The van der Waals surface area contributed by atoms with Gasteiger partial charge in [0.15, 0.2) is 0 Å². The molecule has 0 aromatic heterocycles. The van der Waals surface area contributed by atoms with Gasteiger partial charge in [-0.1, -0.05) is 18.2 Å². The van der Waals surface area contributed by atoms with Crippen LogP contribution >= 0.6 is 0 Å². The molecule has 0 aliphatic carbocycles. The maximum atomic E-state index is 10.7. The highest BCUT2D eigenvalue weighted by Crippen LogP contribution is 2.28. The zero-order chi connectivity index (χ0) is 23.6. The number of anilines is 1. The first-order valence-corrected chi connectivity index (χ1v) is 11.0. The van der Waals surface area contributed by atoms with E-state index in [1.165, 1.54) is 0 Å². The molecule has 0 radical (unpaired) electrons. The van der Waals surface area contributed by atoms with Gasteiger partial charge in [-0.25, -0.2) is 0 Å². The molecule has 170 valence electrons. The summed E-state index contributed by atoms with van der Waals surface area (Å²) < 4.78 is 0. The molecule has 1 N–H and O–H groups in total. The molecule has 33 heavy (non-hydrogen) atoms. The number of carboxylic acid groups (broad SMARTS) is 1. The van der Waals surface area contributed by atoms with Gasteiger partial charge >= 0.3 is 5.97 Å². The lowest BCUT2D eigenvalue weighted by molar-refractivity contribution is -0.137. The van der Waals surface area contributed by atoms with E-state index in [2.05, 4.69) is 32.3 Å². The lowest BCUT2D eigenvalue weighted by Gasteiger charge is -2.22. The average molecular weight is 444 g/mol. The second-order valence-corrected chi connectivity index (χ2v) is 7.75. The van der Waals surface area contributed by atoms with Crippen LogP contribution in [0.5, 0.6) is 0 Å². The van der Waals surface area contributed by atoms with Gasteiger partial charge in [0.25, 0.3) is 0 Å². The van der Waals surface area contributed by atoms with Crippen molar-refractivity contribution in [3.8, 4) is 0 Å². The summed E-state index contributed by atoms with van der Waals surface area (Å²) in [5.41, 5.74) is 6.23. The third kappa shape index (κ3) is 7.07. The minimum atomic E-state index is -0.764. The van der Waals surface area contributed by atoms with Crippen LogP contribution in [0, 0.1) is 13.8 Å². The monoisotopic (exact) mass is 443 g/mol. The van der Waals surface area contributed by atoms with Crippen molar-refractivity contribution in [1.29, 1.82) is 0 Å². The molecule has 3 rings (SSSR count). The Kier molecular flexibility index (Phi) is 8.41. The van der Waals surface area contributed by atoms with Gasteiger partial charge in [-0.05, 0) is 86.8 Å². The summed E-state index contributed by atoms with van der Waals surface area (Å²) in [5.74, 6) is -0.764. The van der Waals surface area contributed by atoms with Gasteiger partial charge in [-0.15, -0.1) is 0 Å². The zero-order valence-corrected chi connectivity index (χ0v) is 19.3. The van der Waals surface area contributed by atoms with Crippen molar-refractivity contribution in [2.45, 2.75) is 33.6 Å². The molecule has 0 unspecified atom stereocenters. The molecule has 0 saturated heterocycles. The van der Waals surface area contributed by atoms with E-state index >= 15 is 0 Å². The van der Waals surface area contributed by atoms with Crippen LogP contribution in [-0.2, 0) is 4.79 Å². The van der Waals surface area contributed by atoms with Gasteiger partial charge in [0.05, 0.1) is 22.7 Å². The number of carbonyl (C=O) groups is 1. The lowest BCUT2D eigenvalue weighted by atomic mass is 10.2. The number of carboxylic acids is 1. The summed E-state index contributed by atoms with van der Waals surface area (Å²) >= 11 is 0. The highest BCUT2D eigenvalue weighted by atomic mass is 16.4. The summed E-state index contributed by atoms with van der Waals surface area (Å²) in [4.78, 5) is 12.9. The standard InChI is InChI=1S/C26H29N5O2/c1-4-31(17-7-10-26(32)33)23-14-11-21(12-15-23)27-30-25-16-13-22(18-20(25)3)28-29-24-9-6-5-8-19(24)2/h5-6,8-9,11-16,18H,4,7,10,17H2,1-3H3,(H,32,33). The highest BCUT2D eigenvalue weighted by molar-refractivity contribution is 5.66. The summed E-state index contributed by atoms with van der Waals surface area (Å²) in [6.07, 6.45) is 0.790. The maximum absolute atomic E-state index is 10.7. The summed E-state index contributed by atoms with van der Waals surface area (Å²) in [5, 5.41) is 26.2. The van der Waals surface area contributed by atoms with Crippen molar-refractivity contribution in [3.05, 3.63) is 77.9 Å². The molecule has 0 bridgehead atoms. The Morgan fingerprint density at radius 3 is 2.09 bits per heavy atom. The average Bonchev–Trinajstić information content (AvgIpc) is 2.81. The minimum Gasteiger partial charge on any atom is -0.481 e. The fourth-order valence-electron chi connectivity index (χ4n) is 3.33. The number of aliphatic carboxylic acids is 1. The van der Waals surface area contributed by atoms with Gasteiger partial charge in [0.1, 0.15) is 0 Å². The minimum absolute atomic E-state index is 0.175. The van der Waals surface area contributed by atoms with E-state index in [1.807, 2.05) is 80.6 Å². The molecule has 3 aromatic rings. The Labute approximate surface area is 194 Å². The number of benzene rings is 3. The molecule has 0 fully saturated rings. The van der Waals surface area contributed by atoms with Crippen LogP contribution in [0.3, 0.4) is 0 Å². The molecular weight excluding hydrogens is 414 g/mol. The van der Waals surface area contributed by atoms with E-state index in [-0.39, 0.29) is 6.42 Å². The largest absolute Gasteiger partial charge is 0.481 e. The summed E-state index contributed by atoms with van der Waals surface area (Å²) in [6.45, 7) is 7.56. The Bertz CT molecular complexity index is 1140. The quantitative estimate of drug-likeness (QED) is 0.324. The second-order valence-electron chi connectivity index (χ2n) is 7.75. The van der Waals surface area contributed by atoms with Crippen LogP contribution in [-0.4, -0.2) is 24.2 Å². The van der Waals surface area contributed by atoms with Crippen molar-refractivity contribution < 1.29 is 9.90 Å². The molecular formula is C26H29N5O2. The van der Waals surface area contributed by atoms with E-state index in [9.17, 15) is 4.79 Å². The third-order valence-electron chi connectivity index (χ3n) is 5.26. The lowest BCUT2D eigenvalue weighted by Crippen LogP contribution is -2.24. The Balaban J connectivity index is 1.64. The SMILES string of the molecule is CCN(CCCC(=O)O)c1ccc(N=Nc2ccc(N=Nc3ccccc3C)cc2C)cc1. The van der Waals surface area contributed by atoms with Gasteiger partial charge in [-0.2, -0.15) is 20.5 Å². The van der Waals surface area contributed by atoms with E-state index in [4.69, 9.17) is 5.11 Å². The first kappa shape index (κ1) is 23.8. The van der Waals surface area contributed by atoms with Crippen LogP contribution in [0.4, 0.5) is 28.4 Å². The number of hydrogen-bond acceptors (Lipinski definition) is 6. The zero-order valence-electron chi connectivity index (χ0n) is 19.3. The van der Waals surface area contributed by atoms with Gasteiger partial charge in [0, 0.05) is 25.2 Å². The van der Waals surface area contributed by atoms with Gasteiger partial charge in [-0.3, -0.25) is 4.79 Å². The third-order valence-corrected chi connectivity index (χ3v) is 5.26. The van der Waals surface area contributed by atoms with Gasteiger partial charge in [0.2, 0.25) is 0 Å². The van der Waals surface area contributed by atoms with Crippen LogP contribution in [0.2, 0.25) is 0 Å². The molecule has 0 saturated carbocycles. The van der Waals surface area contributed by atoms with Crippen molar-refractivity contribution in [1.82, 2.24) is 0 Å². The molecule has 0 heterocycles. The molecule has 0 atom stereocenters. The van der Waals surface area contributed by atoms with Crippen LogP contribution in [0.1, 0.15) is 30.9 Å². The van der Waals surface area contributed by atoms with Crippen molar-refractivity contribution in [2.24, 2.45) is 20.5 Å². The van der Waals surface area contributed by atoms with Crippen LogP contribution < -0.4 is 4.90 Å². The maximum Gasteiger partial charge on any atom is 0.303 e. The van der Waals surface area contributed by atoms with Crippen molar-refractivity contribution >= 4 is 34.4 Å². The Morgan fingerprint density at radius 2 is 1.45 bits per heavy atom. The van der Waals surface area contributed by atoms with E-state index in [0.29, 0.717) is 13.0 Å². The number of nitrogens with zero attached hydrogens (tertiary/aromatic N) is 5. The topological polar surface area (TPSA) is 90.0 Å². The smallest absolute Gasteiger partial charge is 0.303 e. The van der Waals surface area contributed by atoms with Crippen molar-refractivity contribution in [3.63, 3.8) is 0 Å². The van der Waals surface area contributed by atoms with E-state index in [1.54, 1.807) is 0 Å². The molecule has 3 aromatic carbocycles. The first-order chi connectivity index (χ1) is 16.0. The molecule has 0 aliphatic heterocycles. The highest BCUT2D eigenvalue weighted by Gasteiger charge is 2.06. The predicted octanol–water partition coefficient (Wildman–Crippen LogP) is 7.83. The predicted molar refractivity (Wildman–Crippen MR) is 132 cm³/mol. The molecule has 0 amide bonds.